The van der Waals surface area contributed by atoms with Crippen LogP contribution in [-0.2, 0) is 14.6 Å². The third kappa shape index (κ3) is 3.03. The molecule has 0 aliphatic carbocycles. The van der Waals surface area contributed by atoms with E-state index in [1.54, 1.807) is 19.1 Å². The van der Waals surface area contributed by atoms with E-state index in [0.717, 1.165) is 19.4 Å². The largest absolute Gasteiger partial charge is 0.379 e. The standard InChI is InChI=1S/C13H19NO3S/c1-2-18(15,16)13-8-4-3-7-12(13)14-11-6-5-9-17-10-11/h3-4,7-8,11,14H,2,5-6,9-10H2,1H3. The Morgan fingerprint density at radius 3 is 2.83 bits per heavy atom. The average Bonchev–Trinajstić information content (AvgIpc) is 2.40. The van der Waals surface area contributed by atoms with Crippen molar-refractivity contribution in [3.63, 3.8) is 0 Å². The van der Waals surface area contributed by atoms with Gasteiger partial charge in [-0.25, -0.2) is 8.42 Å². The van der Waals surface area contributed by atoms with Crippen LogP contribution < -0.4 is 5.32 Å². The molecule has 1 atom stereocenters. The van der Waals surface area contributed by atoms with Gasteiger partial charge in [0.25, 0.3) is 0 Å². The third-order valence-electron chi connectivity index (χ3n) is 3.12. The second-order valence-corrected chi connectivity index (χ2v) is 6.70. The van der Waals surface area contributed by atoms with Crippen LogP contribution in [0.1, 0.15) is 19.8 Å². The van der Waals surface area contributed by atoms with Gasteiger partial charge in [0.05, 0.1) is 22.9 Å². The maximum Gasteiger partial charge on any atom is 0.180 e. The van der Waals surface area contributed by atoms with E-state index >= 15 is 0 Å². The Labute approximate surface area is 108 Å². The predicted molar refractivity (Wildman–Crippen MR) is 71.6 cm³/mol. The number of benzene rings is 1. The lowest BCUT2D eigenvalue weighted by molar-refractivity contribution is 0.0875. The number of hydrogen-bond acceptors (Lipinski definition) is 4. The summed E-state index contributed by atoms with van der Waals surface area (Å²) in [6, 6.07) is 7.28. The second kappa shape index (κ2) is 5.71. The molecule has 1 aromatic carbocycles. The molecule has 18 heavy (non-hydrogen) atoms. The molecule has 100 valence electrons. The van der Waals surface area contributed by atoms with Crippen molar-refractivity contribution in [1.82, 2.24) is 0 Å². The average molecular weight is 269 g/mol. The first-order chi connectivity index (χ1) is 8.63. The SMILES string of the molecule is CCS(=O)(=O)c1ccccc1NC1CCCOC1. The van der Waals surface area contributed by atoms with Gasteiger partial charge in [0.15, 0.2) is 9.84 Å². The van der Waals surface area contributed by atoms with Gasteiger partial charge < -0.3 is 10.1 Å². The number of anilines is 1. The van der Waals surface area contributed by atoms with Gasteiger partial charge in [0.2, 0.25) is 0 Å². The molecular formula is C13H19NO3S. The summed E-state index contributed by atoms with van der Waals surface area (Å²) in [5.74, 6) is 0.118. The molecule has 1 fully saturated rings. The Balaban J connectivity index is 2.22. The Hall–Kier alpha value is -1.07. The van der Waals surface area contributed by atoms with Gasteiger partial charge in [-0.2, -0.15) is 0 Å². The minimum absolute atomic E-state index is 0.118. The van der Waals surface area contributed by atoms with Gasteiger partial charge in [-0.1, -0.05) is 19.1 Å². The molecule has 1 heterocycles. The maximum absolute atomic E-state index is 12.0. The lowest BCUT2D eigenvalue weighted by atomic mass is 10.1. The zero-order valence-corrected chi connectivity index (χ0v) is 11.4. The second-order valence-electron chi connectivity index (χ2n) is 4.46. The topological polar surface area (TPSA) is 55.4 Å². The Morgan fingerprint density at radius 2 is 2.17 bits per heavy atom. The van der Waals surface area contributed by atoms with Crippen LogP contribution >= 0.6 is 0 Å². The van der Waals surface area contributed by atoms with Crippen LogP contribution in [0.4, 0.5) is 5.69 Å². The number of nitrogens with one attached hydrogen (secondary N) is 1. The summed E-state index contributed by atoms with van der Waals surface area (Å²) >= 11 is 0. The van der Waals surface area contributed by atoms with E-state index in [1.807, 2.05) is 12.1 Å². The zero-order chi connectivity index (χ0) is 13.0. The fourth-order valence-corrected chi connectivity index (χ4v) is 3.15. The van der Waals surface area contributed by atoms with Crippen molar-refractivity contribution in [1.29, 1.82) is 0 Å². The number of rotatable bonds is 4. The molecule has 2 rings (SSSR count). The van der Waals surface area contributed by atoms with Crippen molar-refractivity contribution in [2.75, 3.05) is 24.3 Å². The summed E-state index contributed by atoms with van der Waals surface area (Å²) in [6.45, 7) is 3.10. The molecule has 0 amide bonds. The molecule has 5 heteroatoms. The predicted octanol–water partition coefficient (Wildman–Crippen LogP) is 2.07. The molecule has 1 aliphatic heterocycles. The van der Waals surface area contributed by atoms with E-state index in [4.69, 9.17) is 4.74 Å². The highest BCUT2D eigenvalue weighted by Crippen LogP contribution is 2.24. The first-order valence-electron chi connectivity index (χ1n) is 6.29. The fraction of sp³-hybridized carbons (Fsp3) is 0.538. The van der Waals surface area contributed by atoms with E-state index in [0.29, 0.717) is 17.2 Å². The minimum atomic E-state index is -3.18. The number of ether oxygens (including phenoxy) is 1. The van der Waals surface area contributed by atoms with Gasteiger partial charge in [-0.15, -0.1) is 0 Å². The molecule has 0 spiro atoms. The van der Waals surface area contributed by atoms with Crippen LogP contribution in [0.25, 0.3) is 0 Å². The van der Waals surface area contributed by atoms with Crippen LogP contribution in [0.15, 0.2) is 29.2 Å². The summed E-state index contributed by atoms with van der Waals surface area (Å²) < 4.78 is 29.4. The molecule has 0 aromatic heterocycles. The molecule has 1 unspecified atom stereocenters. The summed E-state index contributed by atoms with van der Waals surface area (Å²) in [5.41, 5.74) is 0.690. The molecular weight excluding hydrogens is 250 g/mol. The Morgan fingerprint density at radius 1 is 1.39 bits per heavy atom. The van der Waals surface area contributed by atoms with Gasteiger partial charge in [0.1, 0.15) is 0 Å². The number of sulfone groups is 1. The van der Waals surface area contributed by atoms with Crippen molar-refractivity contribution in [3.05, 3.63) is 24.3 Å². The van der Waals surface area contributed by atoms with Crippen molar-refractivity contribution < 1.29 is 13.2 Å². The molecule has 1 N–H and O–H groups in total. The lowest BCUT2D eigenvalue weighted by Crippen LogP contribution is -2.30. The zero-order valence-electron chi connectivity index (χ0n) is 10.6. The van der Waals surface area contributed by atoms with Gasteiger partial charge in [0, 0.05) is 12.6 Å². The molecule has 0 saturated carbocycles. The molecule has 1 saturated heterocycles. The van der Waals surface area contributed by atoms with E-state index in [9.17, 15) is 8.42 Å². The van der Waals surface area contributed by atoms with E-state index in [2.05, 4.69) is 5.32 Å². The summed E-state index contributed by atoms with van der Waals surface area (Å²) in [5, 5.41) is 3.29. The highest BCUT2D eigenvalue weighted by Gasteiger charge is 2.19. The maximum atomic E-state index is 12.0. The van der Waals surface area contributed by atoms with Gasteiger partial charge in [-0.05, 0) is 25.0 Å². The van der Waals surface area contributed by atoms with Crippen molar-refractivity contribution in [2.24, 2.45) is 0 Å². The lowest BCUT2D eigenvalue weighted by Gasteiger charge is -2.25. The summed E-state index contributed by atoms with van der Waals surface area (Å²) in [7, 11) is -3.18. The smallest absolute Gasteiger partial charge is 0.180 e. The minimum Gasteiger partial charge on any atom is -0.379 e. The van der Waals surface area contributed by atoms with Gasteiger partial charge >= 0.3 is 0 Å². The fourth-order valence-electron chi connectivity index (χ4n) is 2.09. The summed E-state index contributed by atoms with van der Waals surface area (Å²) in [4.78, 5) is 0.387. The molecule has 1 aliphatic rings. The Bertz CT molecular complexity index is 493. The van der Waals surface area contributed by atoms with E-state index < -0.39 is 9.84 Å². The first kappa shape index (κ1) is 13.4. The van der Waals surface area contributed by atoms with E-state index in [1.165, 1.54) is 0 Å². The normalized spacial score (nSPS) is 20.6. The number of para-hydroxylation sites is 1. The van der Waals surface area contributed by atoms with Crippen LogP contribution in [0.2, 0.25) is 0 Å². The van der Waals surface area contributed by atoms with Crippen molar-refractivity contribution >= 4 is 15.5 Å². The monoisotopic (exact) mass is 269 g/mol. The van der Waals surface area contributed by atoms with Gasteiger partial charge in [-0.3, -0.25) is 0 Å². The third-order valence-corrected chi connectivity index (χ3v) is 4.91. The number of hydrogen-bond donors (Lipinski definition) is 1. The first-order valence-corrected chi connectivity index (χ1v) is 7.95. The van der Waals surface area contributed by atoms with Crippen LogP contribution in [0.3, 0.4) is 0 Å². The van der Waals surface area contributed by atoms with E-state index in [-0.39, 0.29) is 11.8 Å². The van der Waals surface area contributed by atoms with Crippen LogP contribution in [0, 0.1) is 0 Å². The van der Waals surface area contributed by atoms with Crippen molar-refractivity contribution in [3.8, 4) is 0 Å². The van der Waals surface area contributed by atoms with Crippen molar-refractivity contribution in [2.45, 2.75) is 30.7 Å². The molecule has 1 aromatic rings. The van der Waals surface area contributed by atoms with Crippen LogP contribution in [-0.4, -0.2) is 33.4 Å². The Kier molecular flexibility index (Phi) is 4.24. The summed E-state index contributed by atoms with van der Waals surface area (Å²) in [6.07, 6.45) is 2.03. The highest BCUT2D eigenvalue weighted by atomic mass is 32.2. The highest BCUT2D eigenvalue weighted by molar-refractivity contribution is 7.91. The molecule has 0 radical (unpaired) electrons. The molecule has 4 nitrogen and oxygen atoms in total. The quantitative estimate of drug-likeness (QED) is 0.909. The van der Waals surface area contributed by atoms with Crippen LogP contribution in [0.5, 0.6) is 0 Å². The molecule has 0 bridgehead atoms.